The largest absolute Gasteiger partial charge is 0.458 e. The van der Waals surface area contributed by atoms with E-state index < -0.39 is 0 Å². The van der Waals surface area contributed by atoms with Gasteiger partial charge in [-0.15, -0.1) is 0 Å². The van der Waals surface area contributed by atoms with E-state index in [0.717, 1.165) is 62.2 Å². The lowest BCUT2D eigenvalue weighted by Gasteiger charge is -2.42. The molecule has 0 spiro atoms. The molecule has 4 heterocycles. The molecule has 0 unspecified atom stereocenters. The van der Waals surface area contributed by atoms with Gasteiger partial charge >= 0.3 is 0 Å². The second-order valence-electron chi connectivity index (χ2n) is 14.1. The summed E-state index contributed by atoms with van der Waals surface area (Å²) in [5.74, 6) is 3.43. The van der Waals surface area contributed by atoms with E-state index in [4.69, 9.17) is 9.47 Å². The van der Waals surface area contributed by atoms with Crippen molar-refractivity contribution < 1.29 is 9.47 Å². The Morgan fingerprint density at radius 3 is 1.36 bits per heavy atom. The number of rotatable bonds is 4. The Kier molecular flexibility index (Phi) is 5.83. The molecule has 0 aliphatic carbocycles. The number of benzene rings is 8. The number of para-hydroxylation sites is 1. The van der Waals surface area contributed by atoms with Gasteiger partial charge in [-0.1, -0.05) is 103 Å². The van der Waals surface area contributed by atoms with Crippen LogP contribution < -0.4 is 30.8 Å². The molecule has 0 bridgehead atoms. The summed E-state index contributed by atoms with van der Waals surface area (Å²) in [7, 11) is 0. The van der Waals surface area contributed by atoms with Gasteiger partial charge in [0.25, 0.3) is 6.71 Å². The zero-order chi connectivity index (χ0) is 34.6. The second kappa shape index (κ2) is 10.8. The molecule has 4 nitrogen and oxygen atoms in total. The molecular formula is C48H29BN2O2. The Hall–Kier alpha value is -6.98. The third-order valence-corrected chi connectivity index (χ3v) is 11.2. The highest BCUT2D eigenvalue weighted by Crippen LogP contribution is 2.46. The zero-order valence-corrected chi connectivity index (χ0v) is 28.5. The summed E-state index contributed by atoms with van der Waals surface area (Å²) in [6, 6.07) is 62.7. The number of ether oxygens (including phenoxy) is 2. The normalized spacial score (nSPS) is 13.1. The summed E-state index contributed by atoms with van der Waals surface area (Å²) < 4.78 is 16.2. The second-order valence-corrected chi connectivity index (χ2v) is 14.1. The van der Waals surface area contributed by atoms with Gasteiger partial charge in [-0.3, -0.25) is 0 Å². The molecule has 0 saturated carbocycles. The number of fused-ring (bicyclic) bond motifs is 3. The molecule has 0 amide bonds. The lowest BCUT2D eigenvalue weighted by Crippen LogP contribution is -2.61. The van der Waals surface area contributed by atoms with Crippen molar-refractivity contribution in [3.8, 4) is 50.9 Å². The molecule has 53 heavy (non-hydrogen) atoms. The zero-order valence-electron chi connectivity index (χ0n) is 28.5. The Labute approximate surface area is 306 Å². The molecule has 9 aromatic rings. The molecular weight excluding hydrogens is 647 g/mol. The molecule has 0 atom stereocenters. The van der Waals surface area contributed by atoms with Gasteiger partial charge < -0.3 is 18.9 Å². The van der Waals surface area contributed by atoms with Gasteiger partial charge in [0.15, 0.2) is 0 Å². The molecule has 8 aromatic carbocycles. The van der Waals surface area contributed by atoms with Crippen molar-refractivity contribution in [3.05, 3.63) is 176 Å². The molecule has 0 fully saturated rings. The third kappa shape index (κ3) is 4.07. The van der Waals surface area contributed by atoms with Crippen LogP contribution in [0.1, 0.15) is 0 Å². The van der Waals surface area contributed by atoms with Crippen molar-refractivity contribution in [3.63, 3.8) is 0 Å². The van der Waals surface area contributed by atoms with E-state index in [1.165, 1.54) is 44.0 Å². The molecule has 0 N–H and O–H groups in total. The minimum absolute atomic E-state index is 0.00563. The van der Waals surface area contributed by atoms with Crippen LogP contribution in [0.15, 0.2) is 176 Å². The van der Waals surface area contributed by atoms with Crippen LogP contribution in [0, 0.1) is 0 Å². The van der Waals surface area contributed by atoms with Gasteiger partial charge in [0.1, 0.15) is 23.0 Å². The maximum Gasteiger partial charge on any atom is 0.266 e. The first kappa shape index (κ1) is 28.7. The quantitative estimate of drug-likeness (QED) is 0.174. The smallest absolute Gasteiger partial charge is 0.266 e. The molecule has 0 radical (unpaired) electrons. The van der Waals surface area contributed by atoms with E-state index in [2.05, 4.69) is 185 Å². The van der Waals surface area contributed by atoms with Crippen molar-refractivity contribution >= 4 is 62.0 Å². The first-order valence-corrected chi connectivity index (χ1v) is 18.1. The number of aromatic nitrogens is 1. The first-order valence-electron chi connectivity index (χ1n) is 18.1. The van der Waals surface area contributed by atoms with Gasteiger partial charge in [-0.25, -0.2) is 0 Å². The van der Waals surface area contributed by atoms with Crippen LogP contribution in [0.4, 0.5) is 17.1 Å². The Morgan fingerprint density at radius 1 is 0.358 bits per heavy atom. The van der Waals surface area contributed by atoms with Crippen molar-refractivity contribution in [2.45, 2.75) is 0 Å². The molecule has 5 heteroatoms. The molecule has 3 aliphatic heterocycles. The summed E-state index contributed by atoms with van der Waals surface area (Å²) in [6.45, 7) is -0.00563. The minimum Gasteiger partial charge on any atom is -0.458 e. The first-order chi connectivity index (χ1) is 26.3. The fourth-order valence-corrected chi connectivity index (χ4v) is 8.96. The summed E-state index contributed by atoms with van der Waals surface area (Å²) >= 11 is 0. The lowest BCUT2D eigenvalue weighted by atomic mass is 9.33. The monoisotopic (exact) mass is 676 g/mol. The molecule has 0 saturated heterocycles. The van der Waals surface area contributed by atoms with E-state index >= 15 is 0 Å². The fraction of sp³-hybridized carbons (Fsp3) is 0. The number of hydrogen-bond acceptors (Lipinski definition) is 3. The SMILES string of the molecule is c1ccc(-c2ccc3c(c2)c2cc(-c4ccccc4)ccc2n3-c2cc3c4c(c2)Oc2cccc5c2B4c2c(cccc2N5c2ccccc2)O3)cc1. The fourth-order valence-electron chi connectivity index (χ4n) is 8.96. The van der Waals surface area contributed by atoms with E-state index in [0.29, 0.717) is 0 Å². The third-order valence-electron chi connectivity index (χ3n) is 11.2. The number of hydrogen-bond donors (Lipinski definition) is 0. The molecule has 246 valence electrons. The van der Waals surface area contributed by atoms with Crippen LogP contribution in [-0.4, -0.2) is 11.3 Å². The lowest BCUT2D eigenvalue weighted by molar-refractivity contribution is 0.464. The maximum atomic E-state index is 6.93. The van der Waals surface area contributed by atoms with E-state index in [9.17, 15) is 0 Å². The van der Waals surface area contributed by atoms with Gasteiger partial charge in [-0.2, -0.15) is 0 Å². The summed E-state index contributed by atoms with van der Waals surface area (Å²) in [5, 5.41) is 2.40. The van der Waals surface area contributed by atoms with Crippen molar-refractivity contribution in [2.24, 2.45) is 0 Å². The molecule has 12 rings (SSSR count). The Morgan fingerprint density at radius 2 is 0.849 bits per heavy atom. The van der Waals surface area contributed by atoms with Crippen LogP contribution >= 0.6 is 0 Å². The van der Waals surface area contributed by atoms with Gasteiger partial charge in [0, 0.05) is 45.4 Å². The highest BCUT2D eigenvalue weighted by molar-refractivity contribution is 7.00. The van der Waals surface area contributed by atoms with E-state index in [1.54, 1.807) is 0 Å². The van der Waals surface area contributed by atoms with Crippen molar-refractivity contribution in [2.75, 3.05) is 4.90 Å². The van der Waals surface area contributed by atoms with Gasteiger partial charge in [0.2, 0.25) is 0 Å². The maximum absolute atomic E-state index is 6.93. The summed E-state index contributed by atoms with van der Waals surface area (Å²) in [4.78, 5) is 2.34. The van der Waals surface area contributed by atoms with E-state index in [-0.39, 0.29) is 6.71 Å². The van der Waals surface area contributed by atoms with Crippen LogP contribution in [0.3, 0.4) is 0 Å². The standard InChI is InChI=1S/C48H29BN2O2/c1-4-12-30(13-5-1)32-22-24-38-36(26-32)37-27-33(31-14-6-2-7-15-31)23-25-39(37)51(38)35-28-44-48-45(29-35)53-43-21-11-19-41-47(43)49(48)46-40(18-10-20-42(46)52-44)50(41)34-16-8-3-9-17-34/h1-29H. The molecule has 3 aliphatic rings. The average molecular weight is 677 g/mol. The van der Waals surface area contributed by atoms with Crippen LogP contribution in [-0.2, 0) is 0 Å². The van der Waals surface area contributed by atoms with Crippen molar-refractivity contribution in [1.29, 1.82) is 0 Å². The number of anilines is 3. The molecule has 1 aromatic heterocycles. The summed E-state index contributed by atoms with van der Waals surface area (Å²) in [5.41, 5.74) is 14.9. The van der Waals surface area contributed by atoms with Crippen LogP contribution in [0.2, 0.25) is 0 Å². The van der Waals surface area contributed by atoms with E-state index in [1.807, 2.05) is 0 Å². The number of nitrogens with zero attached hydrogens (tertiary/aromatic N) is 2. The van der Waals surface area contributed by atoms with Gasteiger partial charge in [0.05, 0.1) is 16.7 Å². The topological polar surface area (TPSA) is 26.6 Å². The minimum atomic E-state index is -0.00563. The van der Waals surface area contributed by atoms with Crippen LogP contribution in [0.25, 0.3) is 49.7 Å². The highest BCUT2D eigenvalue weighted by atomic mass is 16.5. The summed E-state index contributed by atoms with van der Waals surface area (Å²) in [6.07, 6.45) is 0. The van der Waals surface area contributed by atoms with Crippen LogP contribution in [0.5, 0.6) is 23.0 Å². The van der Waals surface area contributed by atoms with Crippen molar-refractivity contribution in [1.82, 2.24) is 4.57 Å². The Balaban J connectivity index is 1.09. The average Bonchev–Trinajstić information content (AvgIpc) is 3.55. The van der Waals surface area contributed by atoms with Gasteiger partial charge in [-0.05, 0) is 93.8 Å². The predicted molar refractivity (Wildman–Crippen MR) is 218 cm³/mol. The Bertz CT molecular complexity index is 2780. The highest BCUT2D eigenvalue weighted by Gasteiger charge is 2.47. The predicted octanol–water partition coefficient (Wildman–Crippen LogP) is 10.6.